The Morgan fingerprint density at radius 2 is 1.89 bits per heavy atom. The molecule has 2 nitrogen and oxygen atoms in total. The first-order chi connectivity index (χ1) is 9.18. The Morgan fingerprint density at radius 1 is 1.21 bits per heavy atom. The van der Waals surface area contributed by atoms with Crippen LogP contribution in [0.1, 0.15) is 44.6 Å². The van der Waals surface area contributed by atoms with Gasteiger partial charge in [-0.1, -0.05) is 32.0 Å². The smallest absolute Gasteiger partial charge is 0.0398 e. The third-order valence-corrected chi connectivity index (χ3v) is 4.30. The maximum absolute atomic E-state index is 3.44. The predicted octanol–water partition coefficient (Wildman–Crippen LogP) is 3.64. The van der Waals surface area contributed by atoms with Crippen LogP contribution in [0, 0.1) is 5.92 Å². The molecule has 0 amide bonds. The average molecular weight is 260 g/mol. The SMILES string of the molecule is CC(C)c1ccccc1N(C)CCC1CCNCC1. The minimum Gasteiger partial charge on any atom is -0.374 e. The second-order valence-corrected chi connectivity index (χ2v) is 6.12. The Balaban J connectivity index is 1.93. The highest BCUT2D eigenvalue weighted by Gasteiger charge is 2.15. The molecule has 1 aliphatic heterocycles. The van der Waals surface area contributed by atoms with Gasteiger partial charge in [0.15, 0.2) is 0 Å². The Bertz CT molecular complexity index is 381. The number of nitrogens with zero attached hydrogens (tertiary/aromatic N) is 1. The summed E-state index contributed by atoms with van der Waals surface area (Å²) in [5.41, 5.74) is 2.88. The van der Waals surface area contributed by atoms with Crippen molar-refractivity contribution < 1.29 is 0 Å². The summed E-state index contributed by atoms with van der Waals surface area (Å²) in [6, 6.07) is 8.83. The van der Waals surface area contributed by atoms with Crippen molar-refractivity contribution >= 4 is 5.69 Å². The van der Waals surface area contributed by atoms with Crippen LogP contribution in [-0.4, -0.2) is 26.7 Å². The van der Waals surface area contributed by atoms with Crippen molar-refractivity contribution in [2.75, 3.05) is 31.6 Å². The first-order valence-corrected chi connectivity index (χ1v) is 7.69. The molecule has 1 saturated heterocycles. The third kappa shape index (κ3) is 3.97. The van der Waals surface area contributed by atoms with E-state index < -0.39 is 0 Å². The van der Waals surface area contributed by atoms with Crippen molar-refractivity contribution in [3.63, 3.8) is 0 Å². The molecule has 0 saturated carbocycles. The standard InChI is InChI=1S/C17H28N2/c1-14(2)16-6-4-5-7-17(16)19(3)13-10-15-8-11-18-12-9-15/h4-7,14-15,18H,8-13H2,1-3H3. The molecular weight excluding hydrogens is 232 g/mol. The maximum atomic E-state index is 3.44. The topological polar surface area (TPSA) is 15.3 Å². The number of para-hydroxylation sites is 1. The van der Waals surface area contributed by atoms with E-state index in [1.165, 1.54) is 50.1 Å². The second-order valence-electron chi connectivity index (χ2n) is 6.12. The molecule has 0 radical (unpaired) electrons. The number of anilines is 1. The van der Waals surface area contributed by atoms with Crippen molar-refractivity contribution in [3.8, 4) is 0 Å². The number of hydrogen-bond acceptors (Lipinski definition) is 2. The van der Waals surface area contributed by atoms with Crippen LogP contribution < -0.4 is 10.2 Å². The molecule has 2 heteroatoms. The Kier molecular flexibility index (Phi) is 5.26. The zero-order valence-corrected chi connectivity index (χ0v) is 12.7. The molecule has 1 aliphatic rings. The van der Waals surface area contributed by atoms with E-state index in [9.17, 15) is 0 Å². The molecule has 0 unspecified atom stereocenters. The van der Waals surface area contributed by atoms with E-state index in [2.05, 4.69) is 55.4 Å². The number of nitrogens with one attached hydrogen (secondary N) is 1. The third-order valence-electron chi connectivity index (χ3n) is 4.30. The lowest BCUT2D eigenvalue weighted by Gasteiger charge is -2.28. The lowest BCUT2D eigenvalue weighted by molar-refractivity contribution is 0.356. The van der Waals surface area contributed by atoms with Gasteiger partial charge in [0.2, 0.25) is 0 Å². The molecule has 106 valence electrons. The van der Waals surface area contributed by atoms with E-state index in [1.807, 2.05) is 0 Å². The molecule has 1 fully saturated rings. The molecule has 1 N–H and O–H groups in total. The van der Waals surface area contributed by atoms with Crippen LogP contribution in [0.15, 0.2) is 24.3 Å². The highest BCUT2D eigenvalue weighted by Crippen LogP contribution is 2.27. The molecule has 1 heterocycles. The van der Waals surface area contributed by atoms with Gasteiger partial charge in [-0.15, -0.1) is 0 Å². The van der Waals surface area contributed by atoms with Crippen LogP contribution in [0.2, 0.25) is 0 Å². The van der Waals surface area contributed by atoms with Crippen LogP contribution >= 0.6 is 0 Å². The van der Waals surface area contributed by atoms with Gasteiger partial charge >= 0.3 is 0 Å². The highest BCUT2D eigenvalue weighted by atomic mass is 15.1. The molecule has 0 aromatic heterocycles. The molecule has 0 spiro atoms. The Morgan fingerprint density at radius 3 is 2.58 bits per heavy atom. The Hall–Kier alpha value is -1.02. The second kappa shape index (κ2) is 6.95. The van der Waals surface area contributed by atoms with Crippen molar-refractivity contribution in [2.24, 2.45) is 5.92 Å². The van der Waals surface area contributed by atoms with Crippen LogP contribution in [0.5, 0.6) is 0 Å². The van der Waals surface area contributed by atoms with Gasteiger partial charge in [-0.25, -0.2) is 0 Å². The fraction of sp³-hybridized carbons (Fsp3) is 0.647. The fourth-order valence-electron chi connectivity index (χ4n) is 2.99. The van der Waals surface area contributed by atoms with Crippen LogP contribution in [0.4, 0.5) is 5.69 Å². The molecule has 19 heavy (non-hydrogen) atoms. The minimum absolute atomic E-state index is 0.595. The van der Waals surface area contributed by atoms with Crippen molar-refractivity contribution in [3.05, 3.63) is 29.8 Å². The van der Waals surface area contributed by atoms with Crippen molar-refractivity contribution in [2.45, 2.75) is 39.0 Å². The van der Waals surface area contributed by atoms with E-state index in [0.717, 1.165) is 5.92 Å². The lowest BCUT2D eigenvalue weighted by atomic mass is 9.94. The zero-order valence-electron chi connectivity index (χ0n) is 12.7. The van der Waals surface area contributed by atoms with Gasteiger partial charge in [0.05, 0.1) is 0 Å². The predicted molar refractivity (Wildman–Crippen MR) is 84.0 cm³/mol. The van der Waals surface area contributed by atoms with E-state index in [-0.39, 0.29) is 0 Å². The fourth-order valence-corrected chi connectivity index (χ4v) is 2.99. The first-order valence-electron chi connectivity index (χ1n) is 7.69. The minimum atomic E-state index is 0.595. The summed E-state index contributed by atoms with van der Waals surface area (Å²) in [7, 11) is 2.24. The molecule has 0 atom stereocenters. The summed E-state index contributed by atoms with van der Waals surface area (Å²) < 4.78 is 0. The highest BCUT2D eigenvalue weighted by molar-refractivity contribution is 5.54. The van der Waals surface area contributed by atoms with Gasteiger partial charge < -0.3 is 10.2 Å². The molecule has 1 aromatic rings. The van der Waals surface area contributed by atoms with Crippen LogP contribution in [0.25, 0.3) is 0 Å². The van der Waals surface area contributed by atoms with E-state index in [4.69, 9.17) is 0 Å². The maximum Gasteiger partial charge on any atom is 0.0398 e. The van der Waals surface area contributed by atoms with Gasteiger partial charge in [0, 0.05) is 19.3 Å². The van der Waals surface area contributed by atoms with E-state index >= 15 is 0 Å². The Labute approximate surface area is 118 Å². The first kappa shape index (κ1) is 14.4. The molecule has 0 aliphatic carbocycles. The van der Waals surface area contributed by atoms with Gasteiger partial charge in [0.25, 0.3) is 0 Å². The van der Waals surface area contributed by atoms with Crippen LogP contribution in [-0.2, 0) is 0 Å². The van der Waals surface area contributed by atoms with Gasteiger partial charge in [-0.05, 0) is 55.8 Å². The number of piperidine rings is 1. The van der Waals surface area contributed by atoms with E-state index in [0.29, 0.717) is 5.92 Å². The lowest BCUT2D eigenvalue weighted by Crippen LogP contribution is -2.30. The normalized spacial score (nSPS) is 16.8. The summed E-state index contributed by atoms with van der Waals surface area (Å²) in [4.78, 5) is 2.44. The summed E-state index contributed by atoms with van der Waals surface area (Å²) in [6.07, 6.45) is 4.02. The van der Waals surface area contributed by atoms with Crippen molar-refractivity contribution in [1.82, 2.24) is 5.32 Å². The molecular formula is C17H28N2. The monoisotopic (exact) mass is 260 g/mol. The van der Waals surface area contributed by atoms with Gasteiger partial charge in [0.1, 0.15) is 0 Å². The zero-order chi connectivity index (χ0) is 13.7. The van der Waals surface area contributed by atoms with E-state index in [1.54, 1.807) is 0 Å². The van der Waals surface area contributed by atoms with Gasteiger partial charge in [-0.3, -0.25) is 0 Å². The molecule has 0 bridgehead atoms. The number of rotatable bonds is 5. The molecule has 1 aromatic carbocycles. The summed E-state index contributed by atoms with van der Waals surface area (Å²) in [5.74, 6) is 1.51. The average Bonchev–Trinajstić information content (AvgIpc) is 2.46. The largest absolute Gasteiger partial charge is 0.374 e. The van der Waals surface area contributed by atoms with Crippen molar-refractivity contribution in [1.29, 1.82) is 0 Å². The number of benzene rings is 1. The van der Waals surface area contributed by atoms with Gasteiger partial charge in [-0.2, -0.15) is 0 Å². The number of hydrogen-bond donors (Lipinski definition) is 1. The van der Waals surface area contributed by atoms with Crippen LogP contribution in [0.3, 0.4) is 0 Å². The summed E-state index contributed by atoms with van der Waals surface area (Å²) >= 11 is 0. The summed E-state index contributed by atoms with van der Waals surface area (Å²) in [6.45, 7) is 8.14. The summed E-state index contributed by atoms with van der Waals surface area (Å²) in [5, 5.41) is 3.44. The quantitative estimate of drug-likeness (QED) is 0.869. The molecule has 2 rings (SSSR count).